The Balaban J connectivity index is 3.00. The molecule has 0 saturated heterocycles. The van der Waals surface area contributed by atoms with Crippen LogP contribution in [0.4, 0.5) is 0 Å². The lowest BCUT2D eigenvalue weighted by atomic mass is 10.5. The first-order valence-electron chi connectivity index (χ1n) is 5.74. The monoisotopic (exact) mass is 441 g/mol. The zero-order valence-electron chi connectivity index (χ0n) is 11.8. The van der Waals surface area contributed by atoms with Gasteiger partial charge in [-0.1, -0.05) is 18.2 Å². The van der Waals surface area contributed by atoms with E-state index in [0.29, 0.717) is 19.4 Å². The number of methoxy groups -OCH3 is 1. The number of ether oxygens (including phenoxy) is 1. The number of esters is 1. The number of thioether (sulfide) groups is 2. The predicted octanol–water partition coefficient (Wildman–Crippen LogP) is 4.23. The van der Waals surface area contributed by atoms with Crippen molar-refractivity contribution >= 4 is 67.8 Å². The summed E-state index contributed by atoms with van der Waals surface area (Å²) in [4.78, 5) is 16.7. The number of hydrogen-bond donors (Lipinski definition) is 0. The van der Waals surface area contributed by atoms with Gasteiger partial charge in [-0.25, -0.2) is 14.0 Å². The van der Waals surface area contributed by atoms with Crippen LogP contribution >= 0.6 is 51.1 Å². The first kappa shape index (κ1) is 19.8. The molecule has 1 aromatic rings. The van der Waals surface area contributed by atoms with Gasteiger partial charge in [0.05, 0.1) is 32.2 Å². The minimum Gasteiger partial charge on any atom is -0.465 e. The van der Waals surface area contributed by atoms with Crippen molar-refractivity contribution in [1.29, 1.82) is 0 Å². The van der Waals surface area contributed by atoms with Gasteiger partial charge in [-0.05, 0) is 34.3 Å². The fraction of sp³-hybridized carbons (Fsp3) is 0.231. The zero-order chi connectivity index (χ0) is 16.7. The summed E-state index contributed by atoms with van der Waals surface area (Å²) in [7, 11) is -0.240. The highest BCUT2D eigenvalue weighted by molar-refractivity contribution is 9.10. The van der Waals surface area contributed by atoms with Crippen LogP contribution in [0.1, 0.15) is 0 Å². The second-order valence-corrected chi connectivity index (χ2v) is 8.72. The van der Waals surface area contributed by atoms with Crippen LogP contribution in [0.25, 0.3) is 0 Å². The highest BCUT2D eigenvalue weighted by Gasteiger charge is 2.15. The van der Waals surface area contributed by atoms with Crippen LogP contribution < -0.4 is 0 Å². The largest absolute Gasteiger partial charge is 0.465 e. The highest BCUT2D eigenvalue weighted by atomic mass is 79.9. The molecule has 1 rings (SSSR count). The summed E-state index contributed by atoms with van der Waals surface area (Å²) in [6.07, 6.45) is 4.81. The summed E-state index contributed by atoms with van der Waals surface area (Å²) in [6, 6.07) is 1.61. The Kier molecular flexibility index (Phi) is 8.78. The molecular weight excluding hydrogens is 430 g/mol. The maximum Gasteiger partial charge on any atom is 0.344 e. The average molecular weight is 443 g/mol. The molecule has 0 fully saturated rings. The van der Waals surface area contributed by atoms with E-state index >= 15 is 0 Å². The Hall–Kier alpha value is -0.280. The third-order valence-corrected chi connectivity index (χ3v) is 6.62. The first-order chi connectivity index (χ1) is 10.4. The molecule has 0 amide bonds. The Labute approximate surface area is 153 Å². The number of carbonyl (C=O) groups excluding carboxylic acids is 1. The predicted molar refractivity (Wildman–Crippen MR) is 98.6 cm³/mol. The van der Waals surface area contributed by atoms with Gasteiger partial charge < -0.3 is 4.74 Å². The van der Waals surface area contributed by atoms with E-state index in [1.807, 2.05) is 6.26 Å². The first-order valence-corrected chi connectivity index (χ1v) is 10.4. The van der Waals surface area contributed by atoms with Crippen LogP contribution in [0.2, 0.25) is 5.15 Å². The van der Waals surface area contributed by atoms with Gasteiger partial charge >= 0.3 is 5.97 Å². The molecule has 1 unspecified atom stereocenters. The average Bonchev–Trinajstić information content (AvgIpc) is 2.52. The van der Waals surface area contributed by atoms with Crippen molar-refractivity contribution in [2.75, 3.05) is 18.5 Å². The topological polar surface area (TPSA) is 56.3 Å². The summed E-state index contributed by atoms with van der Waals surface area (Å²) in [5.74, 6) is -0.479. The van der Waals surface area contributed by atoms with Gasteiger partial charge in [0.1, 0.15) is 5.15 Å². The third kappa shape index (κ3) is 5.73. The van der Waals surface area contributed by atoms with Crippen molar-refractivity contribution < 1.29 is 13.7 Å². The van der Waals surface area contributed by atoms with Gasteiger partial charge in [0.15, 0.2) is 0 Å². The van der Waals surface area contributed by atoms with Crippen molar-refractivity contribution in [3.8, 4) is 0 Å². The maximum atomic E-state index is 12.4. The lowest BCUT2D eigenvalue weighted by Crippen LogP contribution is -2.04. The number of allylic oxidation sites excluding steroid dienone is 1. The molecule has 0 radical (unpaired) electrons. The second-order valence-electron chi connectivity index (χ2n) is 3.73. The summed E-state index contributed by atoms with van der Waals surface area (Å²) in [5, 5.41) is 0.960. The Morgan fingerprint density at radius 3 is 2.86 bits per heavy atom. The highest BCUT2D eigenvalue weighted by Crippen LogP contribution is 2.27. The number of carbonyl (C=O) groups is 1. The molecule has 0 saturated carbocycles. The maximum absolute atomic E-state index is 12.4. The number of hydrogen-bond acceptors (Lipinski definition) is 6. The molecule has 0 aliphatic carbocycles. The van der Waals surface area contributed by atoms with E-state index in [2.05, 4.69) is 27.5 Å². The standard InChI is InChI=1S/C13H13BrClNO3S3/c1-8(4-11(13(17)19-2)21-7-20-3)22(18)9-5-10(14)12(15)16-6-9/h4-6H,1,7H2,2-3H3/b11-4-. The molecular formula is C13H13BrClNO3S3. The SMILES string of the molecule is C=C(/C=C(\SCSC)C(=O)OC)S(=O)c1cnc(Cl)c(Br)c1. The lowest BCUT2D eigenvalue weighted by Gasteiger charge is -2.07. The van der Waals surface area contributed by atoms with Gasteiger partial charge in [-0.3, -0.25) is 0 Å². The van der Waals surface area contributed by atoms with Gasteiger partial charge in [0.2, 0.25) is 0 Å². The van der Waals surface area contributed by atoms with E-state index in [4.69, 9.17) is 16.3 Å². The summed E-state index contributed by atoms with van der Waals surface area (Å²) in [6.45, 7) is 3.77. The Morgan fingerprint density at radius 1 is 1.64 bits per heavy atom. The second kappa shape index (κ2) is 9.77. The fourth-order valence-electron chi connectivity index (χ4n) is 1.24. The van der Waals surface area contributed by atoms with Crippen molar-refractivity contribution in [2.45, 2.75) is 4.90 Å². The number of halogens is 2. The van der Waals surface area contributed by atoms with Crippen LogP contribution in [0.3, 0.4) is 0 Å². The van der Waals surface area contributed by atoms with Gasteiger partial charge in [0, 0.05) is 16.2 Å². The van der Waals surface area contributed by atoms with E-state index in [1.165, 1.54) is 31.1 Å². The number of pyridine rings is 1. The van der Waals surface area contributed by atoms with Crippen molar-refractivity contribution in [2.24, 2.45) is 0 Å². The zero-order valence-corrected chi connectivity index (χ0v) is 16.6. The van der Waals surface area contributed by atoms with E-state index in [0.717, 1.165) is 0 Å². The van der Waals surface area contributed by atoms with Crippen LogP contribution in [-0.4, -0.2) is 33.6 Å². The molecule has 0 N–H and O–H groups in total. The normalized spacial score (nSPS) is 12.8. The molecule has 0 aliphatic rings. The summed E-state index contributed by atoms with van der Waals surface area (Å²) < 4.78 is 17.7. The van der Waals surface area contributed by atoms with E-state index < -0.39 is 16.8 Å². The van der Waals surface area contributed by atoms with E-state index in [-0.39, 0.29) is 10.1 Å². The molecule has 22 heavy (non-hydrogen) atoms. The van der Waals surface area contributed by atoms with Gasteiger partial charge in [-0.2, -0.15) is 11.8 Å². The van der Waals surface area contributed by atoms with Crippen LogP contribution in [-0.2, 0) is 20.3 Å². The molecule has 0 aromatic carbocycles. The number of nitrogens with zero attached hydrogens (tertiary/aromatic N) is 1. The minimum atomic E-state index is -1.54. The van der Waals surface area contributed by atoms with Crippen LogP contribution in [0.5, 0.6) is 0 Å². The van der Waals surface area contributed by atoms with E-state index in [9.17, 15) is 9.00 Å². The van der Waals surface area contributed by atoms with E-state index in [1.54, 1.807) is 17.8 Å². The van der Waals surface area contributed by atoms with Crippen molar-refractivity contribution in [3.05, 3.63) is 44.4 Å². The third-order valence-electron chi connectivity index (χ3n) is 2.23. The number of rotatable bonds is 7. The lowest BCUT2D eigenvalue weighted by molar-refractivity contribution is -0.135. The minimum absolute atomic E-state index is 0.282. The molecule has 0 spiro atoms. The summed E-state index contributed by atoms with van der Waals surface area (Å²) in [5.41, 5.74) is 0. The quantitative estimate of drug-likeness (QED) is 0.207. The fourth-order valence-corrected chi connectivity index (χ4v) is 4.22. The molecule has 0 bridgehead atoms. The van der Waals surface area contributed by atoms with Gasteiger partial charge in [0.25, 0.3) is 0 Å². The smallest absolute Gasteiger partial charge is 0.344 e. The summed E-state index contributed by atoms with van der Waals surface area (Å²) >= 11 is 11.9. The van der Waals surface area contributed by atoms with Crippen LogP contribution in [0, 0.1) is 0 Å². The Bertz CT molecular complexity index is 637. The number of aromatic nitrogens is 1. The van der Waals surface area contributed by atoms with Gasteiger partial charge in [-0.15, -0.1) is 11.8 Å². The van der Waals surface area contributed by atoms with Crippen LogP contribution in [0.15, 0.2) is 44.1 Å². The molecule has 9 heteroatoms. The molecule has 4 nitrogen and oxygen atoms in total. The molecule has 1 aromatic heterocycles. The van der Waals surface area contributed by atoms with Crippen molar-refractivity contribution in [1.82, 2.24) is 4.98 Å². The van der Waals surface area contributed by atoms with Crippen molar-refractivity contribution in [3.63, 3.8) is 0 Å². The molecule has 1 heterocycles. The molecule has 1 atom stereocenters. The molecule has 0 aliphatic heterocycles. The Morgan fingerprint density at radius 2 is 2.32 bits per heavy atom. The molecule has 120 valence electrons.